The van der Waals surface area contributed by atoms with E-state index in [1.807, 2.05) is 36.5 Å². The second-order valence-corrected chi connectivity index (χ2v) is 6.26. The van der Waals surface area contributed by atoms with Crippen molar-refractivity contribution in [3.05, 3.63) is 71.6 Å². The summed E-state index contributed by atoms with van der Waals surface area (Å²) in [5.74, 6) is 0.425. The first-order valence-electron chi connectivity index (χ1n) is 6.31. The number of hydrogen-bond acceptors (Lipinski definition) is 3. The van der Waals surface area contributed by atoms with Gasteiger partial charge in [0, 0.05) is 18.6 Å². The lowest BCUT2D eigenvalue weighted by Crippen LogP contribution is -2.00. The largest absolute Gasteiger partial charge is 0.252 e. The van der Waals surface area contributed by atoms with Crippen molar-refractivity contribution in [2.45, 2.75) is 10.8 Å². The van der Waals surface area contributed by atoms with Gasteiger partial charge in [-0.1, -0.05) is 23.7 Å². The van der Waals surface area contributed by atoms with E-state index in [1.54, 1.807) is 23.0 Å². The molecular formula is C15H12ClN3OS. The Labute approximate surface area is 129 Å². The van der Waals surface area contributed by atoms with Gasteiger partial charge in [-0.25, -0.2) is 9.67 Å². The summed E-state index contributed by atoms with van der Waals surface area (Å²) < 4.78 is 14.0. The molecule has 0 aliphatic carbocycles. The summed E-state index contributed by atoms with van der Waals surface area (Å²) in [6.45, 7) is 0. The van der Waals surface area contributed by atoms with Crippen LogP contribution in [0.15, 0.2) is 66.1 Å². The van der Waals surface area contributed by atoms with Gasteiger partial charge >= 0.3 is 0 Å². The van der Waals surface area contributed by atoms with Crippen molar-refractivity contribution >= 4 is 22.4 Å². The smallest absolute Gasteiger partial charge is 0.127 e. The molecule has 0 unspecified atom stereocenters. The van der Waals surface area contributed by atoms with Crippen LogP contribution in [0.2, 0.25) is 5.02 Å². The number of rotatable bonds is 4. The normalized spacial score (nSPS) is 12.2. The van der Waals surface area contributed by atoms with E-state index >= 15 is 0 Å². The Kier molecular flexibility index (Phi) is 4.13. The summed E-state index contributed by atoms with van der Waals surface area (Å²) in [5, 5.41) is 5.25. The summed E-state index contributed by atoms with van der Waals surface area (Å²) in [6.07, 6.45) is 5.12. The molecule has 0 radical (unpaired) electrons. The molecule has 0 saturated heterocycles. The number of halogens is 1. The lowest BCUT2D eigenvalue weighted by atomic mass is 10.2. The van der Waals surface area contributed by atoms with Crippen LogP contribution in [-0.2, 0) is 16.6 Å². The molecule has 0 spiro atoms. The third kappa shape index (κ3) is 3.37. The molecule has 0 aliphatic heterocycles. The van der Waals surface area contributed by atoms with Crippen LogP contribution in [0.1, 0.15) is 5.56 Å². The minimum Gasteiger partial charge on any atom is -0.252 e. The Morgan fingerprint density at radius 3 is 2.57 bits per heavy atom. The van der Waals surface area contributed by atoms with Crippen molar-refractivity contribution < 1.29 is 4.21 Å². The van der Waals surface area contributed by atoms with Gasteiger partial charge < -0.3 is 0 Å². The van der Waals surface area contributed by atoms with Crippen LogP contribution in [0, 0.1) is 0 Å². The van der Waals surface area contributed by atoms with Crippen molar-refractivity contribution in [1.29, 1.82) is 0 Å². The third-order valence-corrected chi connectivity index (χ3v) is 4.46. The molecule has 1 aromatic carbocycles. The van der Waals surface area contributed by atoms with E-state index in [2.05, 4.69) is 10.1 Å². The Bertz CT molecular complexity index is 740. The average molecular weight is 318 g/mol. The SMILES string of the molecule is O=[S@@](Cc1ccc(-n2cccn2)cc1)c1ccc(Cl)cn1. The van der Waals surface area contributed by atoms with E-state index in [9.17, 15) is 4.21 Å². The third-order valence-electron chi connectivity index (χ3n) is 2.94. The summed E-state index contributed by atoms with van der Waals surface area (Å²) in [5.41, 5.74) is 1.96. The molecule has 0 saturated carbocycles. The van der Waals surface area contributed by atoms with Crippen molar-refractivity contribution in [3.63, 3.8) is 0 Å². The number of pyridine rings is 1. The predicted molar refractivity (Wildman–Crippen MR) is 82.9 cm³/mol. The average Bonchev–Trinajstić information content (AvgIpc) is 3.03. The topological polar surface area (TPSA) is 47.8 Å². The lowest BCUT2D eigenvalue weighted by molar-refractivity contribution is 0.680. The zero-order valence-electron chi connectivity index (χ0n) is 11.0. The van der Waals surface area contributed by atoms with Gasteiger partial charge in [-0.2, -0.15) is 5.10 Å². The zero-order chi connectivity index (χ0) is 14.7. The summed E-state index contributed by atoms with van der Waals surface area (Å²) in [7, 11) is -1.18. The fourth-order valence-electron chi connectivity index (χ4n) is 1.89. The maximum atomic E-state index is 12.2. The molecule has 2 aromatic heterocycles. The molecule has 3 aromatic rings. The van der Waals surface area contributed by atoms with Crippen LogP contribution in [0.5, 0.6) is 0 Å². The Morgan fingerprint density at radius 1 is 1.14 bits per heavy atom. The Hall–Kier alpha value is -1.98. The minimum atomic E-state index is -1.18. The van der Waals surface area contributed by atoms with Crippen LogP contribution in [0.4, 0.5) is 0 Å². The van der Waals surface area contributed by atoms with Gasteiger partial charge in [0.05, 0.1) is 27.3 Å². The summed E-state index contributed by atoms with van der Waals surface area (Å²) >= 11 is 5.77. The van der Waals surface area contributed by atoms with Crippen LogP contribution >= 0.6 is 11.6 Å². The first-order chi connectivity index (χ1) is 10.2. The maximum Gasteiger partial charge on any atom is 0.127 e. The molecule has 21 heavy (non-hydrogen) atoms. The van der Waals surface area contributed by atoms with Crippen LogP contribution < -0.4 is 0 Å². The molecule has 0 aliphatic rings. The van der Waals surface area contributed by atoms with Gasteiger partial charge in [-0.3, -0.25) is 4.21 Å². The van der Waals surface area contributed by atoms with E-state index in [-0.39, 0.29) is 0 Å². The standard InChI is InChI=1S/C15H12ClN3OS/c16-13-4-7-15(17-10-13)21(20)11-12-2-5-14(6-3-12)19-9-1-8-18-19/h1-10H,11H2/t21-/m0/s1. The van der Waals surface area contributed by atoms with Gasteiger partial charge in [0.15, 0.2) is 0 Å². The minimum absolute atomic E-state index is 0.425. The number of nitrogens with zero attached hydrogens (tertiary/aromatic N) is 3. The quantitative estimate of drug-likeness (QED) is 0.742. The van der Waals surface area contributed by atoms with Crippen LogP contribution in [0.3, 0.4) is 0 Å². The molecule has 3 rings (SSSR count). The van der Waals surface area contributed by atoms with Crippen molar-refractivity contribution in [2.75, 3.05) is 0 Å². The molecular weight excluding hydrogens is 306 g/mol. The van der Waals surface area contributed by atoms with Crippen molar-refractivity contribution in [1.82, 2.24) is 14.8 Å². The Morgan fingerprint density at radius 2 is 1.95 bits per heavy atom. The number of hydrogen-bond donors (Lipinski definition) is 0. The molecule has 4 nitrogen and oxygen atoms in total. The molecule has 0 N–H and O–H groups in total. The van der Waals surface area contributed by atoms with Crippen LogP contribution in [0.25, 0.3) is 5.69 Å². The van der Waals surface area contributed by atoms with Gasteiger partial charge in [-0.15, -0.1) is 0 Å². The van der Waals surface area contributed by atoms with Crippen molar-refractivity contribution in [2.24, 2.45) is 0 Å². The van der Waals surface area contributed by atoms with E-state index < -0.39 is 10.8 Å². The fourth-order valence-corrected chi connectivity index (χ4v) is 3.03. The second kappa shape index (κ2) is 6.20. The summed E-state index contributed by atoms with van der Waals surface area (Å²) in [4.78, 5) is 4.09. The van der Waals surface area contributed by atoms with Gasteiger partial charge in [-0.05, 0) is 35.9 Å². The summed E-state index contributed by atoms with van der Waals surface area (Å²) in [6, 6.07) is 13.1. The predicted octanol–water partition coefficient (Wildman–Crippen LogP) is 3.23. The molecule has 106 valence electrons. The highest BCUT2D eigenvalue weighted by Gasteiger charge is 2.07. The highest BCUT2D eigenvalue weighted by atomic mass is 35.5. The Balaban J connectivity index is 1.73. The van der Waals surface area contributed by atoms with E-state index in [1.165, 1.54) is 6.20 Å². The first-order valence-corrected chi connectivity index (χ1v) is 8.01. The lowest BCUT2D eigenvalue weighted by Gasteiger charge is -2.05. The van der Waals surface area contributed by atoms with E-state index in [0.717, 1.165) is 11.3 Å². The highest BCUT2D eigenvalue weighted by molar-refractivity contribution is 7.84. The monoisotopic (exact) mass is 317 g/mol. The van der Waals surface area contributed by atoms with Gasteiger partial charge in [0.2, 0.25) is 0 Å². The molecule has 6 heteroatoms. The first kappa shape index (κ1) is 14.0. The van der Waals surface area contributed by atoms with Crippen LogP contribution in [-0.4, -0.2) is 19.0 Å². The fraction of sp³-hybridized carbons (Fsp3) is 0.0667. The molecule has 1 atom stereocenters. The maximum absolute atomic E-state index is 12.2. The van der Waals surface area contributed by atoms with Crippen molar-refractivity contribution in [3.8, 4) is 5.69 Å². The van der Waals surface area contributed by atoms with Gasteiger partial charge in [0.25, 0.3) is 0 Å². The number of aromatic nitrogens is 3. The molecule has 2 heterocycles. The molecule has 0 fully saturated rings. The number of benzene rings is 1. The van der Waals surface area contributed by atoms with E-state index in [4.69, 9.17) is 11.6 Å². The van der Waals surface area contributed by atoms with E-state index in [0.29, 0.717) is 15.8 Å². The van der Waals surface area contributed by atoms with Gasteiger partial charge in [0.1, 0.15) is 5.03 Å². The molecule has 0 amide bonds. The highest BCUT2D eigenvalue weighted by Crippen LogP contribution is 2.15. The molecule has 0 bridgehead atoms. The zero-order valence-corrected chi connectivity index (χ0v) is 12.6. The second-order valence-electron chi connectivity index (χ2n) is 4.42.